The number of hydrogen-bond acceptors (Lipinski definition) is 5. The molecule has 1 aromatic heterocycles. The third-order valence-electron chi connectivity index (χ3n) is 5.35. The van der Waals surface area contributed by atoms with Crippen LogP contribution in [0.1, 0.15) is 23.8 Å². The Morgan fingerprint density at radius 2 is 1.78 bits per heavy atom. The molecule has 0 aliphatic carbocycles. The van der Waals surface area contributed by atoms with Gasteiger partial charge in [-0.15, -0.1) is 11.3 Å². The van der Waals surface area contributed by atoms with Gasteiger partial charge in [0.2, 0.25) is 10.0 Å². The quantitative estimate of drug-likeness (QED) is 0.559. The average molecular weight is 475 g/mol. The second kappa shape index (κ2) is 9.35. The average Bonchev–Trinajstić information content (AvgIpc) is 3.26. The number of halogens is 1. The number of hydrogen-bond donors (Lipinski definition) is 2. The van der Waals surface area contributed by atoms with Crippen molar-refractivity contribution in [2.45, 2.75) is 18.8 Å². The van der Waals surface area contributed by atoms with E-state index >= 15 is 0 Å². The van der Waals surface area contributed by atoms with Gasteiger partial charge in [-0.3, -0.25) is 0 Å². The van der Waals surface area contributed by atoms with Gasteiger partial charge in [-0.1, -0.05) is 24.3 Å². The standard InChI is InChI=1S/C22H23FN4O3S2/c1-32(29,30)27-12-10-16(11-13-27)21-24-14-20(31-21)15-6-8-17(9-7-15)25-22(28)26-19-5-3-2-4-18(19)23/h2-9,14,16H,10-13H2,1H3,(H2,25,26,28). The summed E-state index contributed by atoms with van der Waals surface area (Å²) in [6, 6.07) is 12.8. The van der Waals surface area contributed by atoms with E-state index in [1.54, 1.807) is 35.6 Å². The summed E-state index contributed by atoms with van der Waals surface area (Å²) in [7, 11) is -3.14. The van der Waals surface area contributed by atoms with Gasteiger partial charge >= 0.3 is 6.03 Å². The number of benzene rings is 2. The number of thiazole rings is 1. The first-order valence-corrected chi connectivity index (χ1v) is 12.8. The molecule has 1 aliphatic rings. The number of piperidine rings is 1. The van der Waals surface area contributed by atoms with Crippen molar-refractivity contribution in [2.75, 3.05) is 30.0 Å². The number of anilines is 2. The molecule has 3 aromatic rings. The summed E-state index contributed by atoms with van der Waals surface area (Å²) in [4.78, 5) is 17.7. The monoisotopic (exact) mass is 474 g/mol. The van der Waals surface area contributed by atoms with Crippen LogP contribution in [0.25, 0.3) is 10.4 Å². The number of carbonyl (C=O) groups excluding carboxylic acids is 1. The van der Waals surface area contributed by atoms with Crippen LogP contribution in [0.2, 0.25) is 0 Å². The lowest BCUT2D eigenvalue weighted by Gasteiger charge is -2.29. The molecule has 32 heavy (non-hydrogen) atoms. The first kappa shape index (κ1) is 22.4. The number of nitrogens with zero attached hydrogens (tertiary/aromatic N) is 2. The maximum absolute atomic E-state index is 13.7. The molecular weight excluding hydrogens is 451 g/mol. The topological polar surface area (TPSA) is 91.4 Å². The molecule has 0 spiro atoms. The number of sulfonamides is 1. The van der Waals surface area contributed by atoms with Crippen molar-refractivity contribution in [3.05, 3.63) is 65.6 Å². The van der Waals surface area contributed by atoms with Crippen molar-refractivity contribution in [3.8, 4) is 10.4 Å². The summed E-state index contributed by atoms with van der Waals surface area (Å²) in [6.45, 7) is 1.04. The van der Waals surface area contributed by atoms with Gasteiger partial charge in [0.15, 0.2) is 0 Å². The summed E-state index contributed by atoms with van der Waals surface area (Å²) in [5.74, 6) is -0.240. The minimum atomic E-state index is -3.14. The number of nitrogens with one attached hydrogen (secondary N) is 2. The van der Waals surface area contributed by atoms with Gasteiger partial charge in [-0.2, -0.15) is 0 Å². The molecule has 0 saturated carbocycles. The first-order valence-electron chi connectivity index (χ1n) is 10.1. The minimum absolute atomic E-state index is 0.112. The van der Waals surface area contributed by atoms with Gasteiger partial charge in [0.1, 0.15) is 5.82 Å². The summed E-state index contributed by atoms with van der Waals surface area (Å²) in [6.07, 6.45) is 4.60. The molecule has 0 unspecified atom stereocenters. The van der Waals surface area contributed by atoms with Crippen LogP contribution in [0.3, 0.4) is 0 Å². The first-order chi connectivity index (χ1) is 15.3. The highest BCUT2D eigenvalue weighted by Crippen LogP contribution is 2.35. The molecule has 0 radical (unpaired) electrons. The molecule has 2 aromatic carbocycles. The van der Waals surface area contributed by atoms with Gasteiger partial charge in [0.05, 0.1) is 21.8 Å². The third kappa shape index (κ3) is 5.32. The van der Waals surface area contributed by atoms with Crippen LogP contribution in [0.15, 0.2) is 54.7 Å². The van der Waals surface area contributed by atoms with E-state index in [-0.39, 0.29) is 11.6 Å². The minimum Gasteiger partial charge on any atom is -0.308 e. The Balaban J connectivity index is 1.36. The van der Waals surface area contributed by atoms with E-state index in [1.165, 1.54) is 22.7 Å². The molecule has 2 amide bonds. The van der Waals surface area contributed by atoms with Crippen molar-refractivity contribution < 1.29 is 17.6 Å². The van der Waals surface area contributed by atoms with Gasteiger partial charge in [-0.05, 0) is 42.7 Å². The van der Waals surface area contributed by atoms with Crippen LogP contribution >= 0.6 is 11.3 Å². The molecule has 0 bridgehead atoms. The van der Waals surface area contributed by atoms with Crippen molar-refractivity contribution in [3.63, 3.8) is 0 Å². The van der Waals surface area contributed by atoms with Crippen molar-refractivity contribution in [2.24, 2.45) is 0 Å². The Kier molecular flexibility index (Phi) is 6.54. The molecule has 2 N–H and O–H groups in total. The summed E-state index contributed by atoms with van der Waals surface area (Å²) >= 11 is 1.60. The zero-order valence-electron chi connectivity index (χ0n) is 17.4. The summed E-state index contributed by atoms with van der Waals surface area (Å²) in [5, 5.41) is 6.18. The Morgan fingerprint density at radius 1 is 1.09 bits per heavy atom. The van der Waals surface area contributed by atoms with Gasteiger partial charge in [0, 0.05) is 30.9 Å². The maximum Gasteiger partial charge on any atom is 0.323 e. The maximum atomic E-state index is 13.7. The van der Waals surface area contributed by atoms with Crippen LogP contribution in [-0.4, -0.2) is 43.1 Å². The van der Waals surface area contributed by atoms with Gasteiger partial charge in [0.25, 0.3) is 0 Å². The number of carbonyl (C=O) groups is 1. The molecule has 7 nitrogen and oxygen atoms in total. The van der Waals surface area contributed by atoms with E-state index in [9.17, 15) is 17.6 Å². The predicted octanol–water partition coefficient (Wildman–Crippen LogP) is 4.73. The van der Waals surface area contributed by atoms with Gasteiger partial charge < -0.3 is 10.6 Å². The molecule has 2 heterocycles. The molecule has 10 heteroatoms. The van der Waals surface area contributed by atoms with Crippen molar-refractivity contribution >= 4 is 38.8 Å². The lowest BCUT2D eigenvalue weighted by atomic mass is 9.99. The fourth-order valence-corrected chi connectivity index (χ4v) is 5.58. The van der Waals surface area contributed by atoms with E-state index in [4.69, 9.17) is 0 Å². The number of rotatable bonds is 5. The SMILES string of the molecule is CS(=O)(=O)N1CCC(c2ncc(-c3ccc(NC(=O)Nc4ccccc4F)cc3)s2)CC1. The normalized spacial score (nSPS) is 15.4. The molecule has 1 fully saturated rings. The Hall–Kier alpha value is -2.82. The van der Waals surface area contributed by atoms with Crippen LogP contribution in [-0.2, 0) is 10.0 Å². The lowest BCUT2D eigenvalue weighted by Crippen LogP contribution is -2.37. The number of amides is 2. The smallest absolute Gasteiger partial charge is 0.308 e. The Labute approximate surface area is 190 Å². The molecule has 1 saturated heterocycles. The molecule has 4 rings (SSSR count). The summed E-state index contributed by atoms with van der Waals surface area (Å²) < 4.78 is 38.6. The fourth-order valence-electron chi connectivity index (χ4n) is 3.61. The highest BCUT2D eigenvalue weighted by molar-refractivity contribution is 7.88. The van der Waals surface area contributed by atoms with E-state index in [1.807, 2.05) is 18.3 Å². The molecule has 1 aliphatic heterocycles. The summed E-state index contributed by atoms with van der Waals surface area (Å²) in [5.41, 5.74) is 1.67. The fraction of sp³-hybridized carbons (Fsp3) is 0.273. The molecule has 168 valence electrons. The van der Waals surface area contributed by atoms with E-state index in [0.717, 1.165) is 28.3 Å². The third-order valence-corrected chi connectivity index (χ3v) is 7.86. The van der Waals surface area contributed by atoms with E-state index < -0.39 is 21.9 Å². The zero-order chi connectivity index (χ0) is 22.7. The number of aromatic nitrogens is 1. The second-order valence-electron chi connectivity index (χ2n) is 7.64. The number of para-hydroxylation sites is 1. The zero-order valence-corrected chi connectivity index (χ0v) is 19.0. The number of urea groups is 1. The van der Waals surface area contributed by atoms with Crippen LogP contribution < -0.4 is 10.6 Å². The molecule has 0 atom stereocenters. The van der Waals surface area contributed by atoms with Gasteiger partial charge in [-0.25, -0.2) is 26.9 Å². The Morgan fingerprint density at radius 3 is 2.44 bits per heavy atom. The van der Waals surface area contributed by atoms with Crippen LogP contribution in [0.4, 0.5) is 20.6 Å². The largest absolute Gasteiger partial charge is 0.323 e. The van der Waals surface area contributed by atoms with Crippen LogP contribution in [0, 0.1) is 5.82 Å². The second-order valence-corrected chi connectivity index (χ2v) is 10.7. The highest BCUT2D eigenvalue weighted by atomic mass is 32.2. The van der Waals surface area contributed by atoms with E-state index in [0.29, 0.717) is 18.8 Å². The highest BCUT2D eigenvalue weighted by Gasteiger charge is 2.27. The Bertz CT molecular complexity index is 1200. The van der Waals surface area contributed by atoms with Crippen molar-refractivity contribution in [1.29, 1.82) is 0 Å². The van der Waals surface area contributed by atoms with E-state index in [2.05, 4.69) is 15.6 Å². The lowest BCUT2D eigenvalue weighted by molar-refractivity contribution is 0.262. The molecular formula is C22H23FN4O3S2. The van der Waals surface area contributed by atoms with Crippen LogP contribution in [0.5, 0.6) is 0 Å². The van der Waals surface area contributed by atoms with Crippen molar-refractivity contribution in [1.82, 2.24) is 9.29 Å². The predicted molar refractivity (Wildman–Crippen MR) is 125 cm³/mol.